The molecule has 1 saturated heterocycles. The first-order valence-electron chi connectivity index (χ1n) is 6.83. The summed E-state index contributed by atoms with van der Waals surface area (Å²) in [6.07, 6.45) is 2.16. The van der Waals surface area contributed by atoms with Crippen molar-refractivity contribution >= 4 is 0 Å². The van der Waals surface area contributed by atoms with Gasteiger partial charge in [-0.25, -0.2) is 0 Å². The second-order valence-corrected chi connectivity index (χ2v) is 4.45. The first-order chi connectivity index (χ1) is 8.29. The van der Waals surface area contributed by atoms with Crippen LogP contribution in [0.2, 0.25) is 0 Å². The molecule has 1 aliphatic rings. The molecule has 0 bridgehead atoms. The minimum Gasteiger partial charge on any atom is -0.379 e. The molecular weight excluding hydrogens is 218 g/mol. The van der Waals surface area contributed by atoms with E-state index in [2.05, 4.69) is 12.2 Å². The molecule has 17 heavy (non-hydrogen) atoms. The molecule has 0 saturated carbocycles. The Morgan fingerprint density at radius 3 is 2.65 bits per heavy atom. The van der Waals surface area contributed by atoms with Gasteiger partial charge in [0.2, 0.25) is 0 Å². The van der Waals surface area contributed by atoms with Crippen LogP contribution in [0.5, 0.6) is 0 Å². The Morgan fingerprint density at radius 2 is 2.12 bits per heavy atom. The maximum Gasteiger partial charge on any atom is 0.119 e. The molecule has 0 spiro atoms. The van der Waals surface area contributed by atoms with Gasteiger partial charge in [-0.05, 0) is 20.3 Å². The Kier molecular flexibility index (Phi) is 7.04. The van der Waals surface area contributed by atoms with E-state index in [1.54, 1.807) is 0 Å². The summed E-state index contributed by atoms with van der Waals surface area (Å²) in [5.74, 6) is 0. The van der Waals surface area contributed by atoms with Crippen LogP contribution in [0.25, 0.3) is 0 Å². The third kappa shape index (κ3) is 4.21. The monoisotopic (exact) mass is 245 g/mol. The van der Waals surface area contributed by atoms with Gasteiger partial charge in [-0.1, -0.05) is 13.3 Å². The first kappa shape index (κ1) is 14.9. The highest BCUT2D eigenvalue weighted by Crippen LogP contribution is 2.27. The average Bonchev–Trinajstić information content (AvgIpc) is 2.37. The maximum absolute atomic E-state index is 6.02. The maximum atomic E-state index is 6.02. The summed E-state index contributed by atoms with van der Waals surface area (Å²) in [5.41, 5.74) is -0.285. The second-order valence-electron chi connectivity index (χ2n) is 4.45. The molecule has 4 heteroatoms. The predicted octanol–water partition coefficient (Wildman–Crippen LogP) is 1.59. The number of hydrogen-bond donors (Lipinski definition) is 1. The van der Waals surface area contributed by atoms with E-state index in [1.165, 1.54) is 0 Å². The summed E-state index contributed by atoms with van der Waals surface area (Å²) in [6, 6.07) is 0. The van der Waals surface area contributed by atoms with E-state index in [0.29, 0.717) is 13.2 Å². The van der Waals surface area contributed by atoms with Crippen molar-refractivity contribution < 1.29 is 14.2 Å². The standard InChI is InChI=1S/C13H27NO3/c1-4-7-13(17-6-3,11-15-5-2)12-10-14-8-9-16-12/h12,14H,4-11H2,1-3H3. The van der Waals surface area contributed by atoms with Crippen LogP contribution in [0.1, 0.15) is 33.6 Å². The molecule has 0 aromatic heterocycles. The highest BCUT2D eigenvalue weighted by atomic mass is 16.6. The molecule has 1 heterocycles. The zero-order valence-corrected chi connectivity index (χ0v) is 11.5. The lowest BCUT2D eigenvalue weighted by Crippen LogP contribution is -2.57. The molecule has 0 amide bonds. The molecule has 2 unspecified atom stereocenters. The normalized spacial score (nSPS) is 24.5. The second kappa shape index (κ2) is 8.03. The third-order valence-electron chi connectivity index (χ3n) is 3.17. The molecule has 4 nitrogen and oxygen atoms in total. The minimum atomic E-state index is -0.285. The van der Waals surface area contributed by atoms with E-state index >= 15 is 0 Å². The predicted molar refractivity (Wildman–Crippen MR) is 68.4 cm³/mol. The lowest BCUT2D eigenvalue weighted by Gasteiger charge is -2.41. The van der Waals surface area contributed by atoms with Crippen LogP contribution < -0.4 is 5.32 Å². The van der Waals surface area contributed by atoms with Crippen LogP contribution >= 0.6 is 0 Å². The molecule has 0 radical (unpaired) electrons. The molecule has 0 aromatic carbocycles. The van der Waals surface area contributed by atoms with Crippen LogP contribution in [0.4, 0.5) is 0 Å². The summed E-state index contributed by atoms with van der Waals surface area (Å²) in [5, 5.41) is 3.37. The molecule has 1 rings (SSSR count). The van der Waals surface area contributed by atoms with Crippen molar-refractivity contribution in [3.8, 4) is 0 Å². The van der Waals surface area contributed by atoms with Crippen LogP contribution in [-0.4, -0.2) is 51.2 Å². The Hall–Kier alpha value is -0.160. The number of rotatable bonds is 8. The molecule has 2 atom stereocenters. The molecule has 1 N–H and O–H groups in total. The van der Waals surface area contributed by atoms with Crippen molar-refractivity contribution in [1.29, 1.82) is 0 Å². The van der Waals surface area contributed by atoms with Crippen molar-refractivity contribution in [2.24, 2.45) is 0 Å². The lowest BCUT2D eigenvalue weighted by atomic mass is 9.90. The van der Waals surface area contributed by atoms with Gasteiger partial charge in [0.15, 0.2) is 0 Å². The van der Waals surface area contributed by atoms with Crippen LogP contribution in [0.3, 0.4) is 0 Å². The molecule has 0 aromatic rings. The zero-order valence-electron chi connectivity index (χ0n) is 11.5. The van der Waals surface area contributed by atoms with Gasteiger partial charge in [-0.15, -0.1) is 0 Å². The van der Waals surface area contributed by atoms with Crippen molar-refractivity contribution in [3.05, 3.63) is 0 Å². The fourth-order valence-corrected chi connectivity index (χ4v) is 2.42. The third-order valence-corrected chi connectivity index (χ3v) is 3.17. The van der Waals surface area contributed by atoms with E-state index in [9.17, 15) is 0 Å². The smallest absolute Gasteiger partial charge is 0.119 e. The van der Waals surface area contributed by atoms with Crippen LogP contribution in [0.15, 0.2) is 0 Å². The fourth-order valence-electron chi connectivity index (χ4n) is 2.42. The van der Waals surface area contributed by atoms with Crippen molar-refractivity contribution in [2.45, 2.75) is 45.3 Å². The number of hydrogen-bond acceptors (Lipinski definition) is 4. The van der Waals surface area contributed by atoms with Crippen molar-refractivity contribution in [3.63, 3.8) is 0 Å². The fraction of sp³-hybridized carbons (Fsp3) is 1.00. The number of morpholine rings is 1. The summed E-state index contributed by atoms with van der Waals surface area (Å²) < 4.78 is 17.5. The van der Waals surface area contributed by atoms with E-state index in [0.717, 1.165) is 39.1 Å². The molecule has 102 valence electrons. The average molecular weight is 245 g/mol. The molecule has 1 aliphatic heterocycles. The van der Waals surface area contributed by atoms with Crippen molar-refractivity contribution in [2.75, 3.05) is 39.5 Å². The highest BCUT2D eigenvalue weighted by molar-refractivity contribution is 4.92. The van der Waals surface area contributed by atoms with Gasteiger partial charge < -0.3 is 19.5 Å². The first-order valence-corrected chi connectivity index (χ1v) is 6.83. The van der Waals surface area contributed by atoms with Gasteiger partial charge >= 0.3 is 0 Å². The van der Waals surface area contributed by atoms with Gasteiger partial charge in [-0.2, -0.15) is 0 Å². The van der Waals surface area contributed by atoms with E-state index in [-0.39, 0.29) is 11.7 Å². The lowest BCUT2D eigenvalue weighted by molar-refractivity contribution is -0.182. The van der Waals surface area contributed by atoms with Gasteiger partial charge in [0.05, 0.1) is 13.2 Å². The molecule has 0 aliphatic carbocycles. The summed E-state index contributed by atoms with van der Waals surface area (Å²) in [4.78, 5) is 0. The van der Waals surface area contributed by atoms with Crippen LogP contribution in [0, 0.1) is 0 Å². The van der Waals surface area contributed by atoms with E-state index in [4.69, 9.17) is 14.2 Å². The zero-order chi connectivity index (χ0) is 12.6. The topological polar surface area (TPSA) is 39.7 Å². The minimum absolute atomic E-state index is 0.0997. The van der Waals surface area contributed by atoms with E-state index in [1.807, 2.05) is 13.8 Å². The SMILES string of the molecule is CCCC(COCC)(OCC)C1CNCCO1. The number of ether oxygens (including phenoxy) is 3. The van der Waals surface area contributed by atoms with Crippen LogP contribution in [-0.2, 0) is 14.2 Å². The van der Waals surface area contributed by atoms with Gasteiger partial charge in [0.25, 0.3) is 0 Å². The van der Waals surface area contributed by atoms with Gasteiger partial charge in [0.1, 0.15) is 11.7 Å². The van der Waals surface area contributed by atoms with Gasteiger partial charge in [0, 0.05) is 26.3 Å². The molecular formula is C13H27NO3. The van der Waals surface area contributed by atoms with Crippen molar-refractivity contribution in [1.82, 2.24) is 5.32 Å². The highest BCUT2D eigenvalue weighted by Gasteiger charge is 2.41. The Morgan fingerprint density at radius 1 is 1.29 bits per heavy atom. The summed E-state index contributed by atoms with van der Waals surface area (Å²) in [7, 11) is 0. The quantitative estimate of drug-likeness (QED) is 0.705. The molecule has 1 fully saturated rings. The Bertz CT molecular complexity index is 187. The summed E-state index contributed by atoms with van der Waals surface area (Å²) >= 11 is 0. The van der Waals surface area contributed by atoms with Gasteiger partial charge in [-0.3, -0.25) is 0 Å². The summed E-state index contributed by atoms with van der Waals surface area (Å²) in [6.45, 7) is 10.8. The van der Waals surface area contributed by atoms with E-state index < -0.39 is 0 Å². The number of nitrogens with one attached hydrogen (secondary N) is 1. The largest absolute Gasteiger partial charge is 0.379 e. The Labute approximate surface area is 105 Å². The Balaban J connectivity index is 2.70.